The van der Waals surface area contributed by atoms with E-state index in [4.69, 9.17) is 4.74 Å². The number of likely N-dealkylation sites (tertiary alicyclic amines) is 1. The zero-order valence-corrected chi connectivity index (χ0v) is 17.7. The van der Waals surface area contributed by atoms with E-state index < -0.39 is 11.7 Å². The van der Waals surface area contributed by atoms with Crippen molar-refractivity contribution in [3.8, 4) is 0 Å². The molecule has 0 radical (unpaired) electrons. The molecular formula is C23H25FN4O4. The number of fused-ring (bicyclic) bond motifs is 1. The lowest BCUT2D eigenvalue weighted by Crippen LogP contribution is -2.40. The molecule has 0 aliphatic carbocycles. The van der Waals surface area contributed by atoms with Crippen LogP contribution in [0.25, 0.3) is 0 Å². The van der Waals surface area contributed by atoms with Gasteiger partial charge in [-0.1, -0.05) is 12.1 Å². The molecular weight excluding hydrogens is 415 g/mol. The summed E-state index contributed by atoms with van der Waals surface area (Å²) in [6.45, 7) is 2.19. The number of halogens is 1. The van der Waals surface area contributed by atoms with Gasteiger partial charge in [-0.3, -0.25) is 14.4 Å². The maximum absolute atomic E-state index is 14.1. The maximum Gasteiger partial charge on any atom is 0.257 e. The van der Waals surface area contributed by atoms with Crippen molar-refractivity contribution < 1.29 is 18.7 Å². The Bertz CT molecular complexity index is 1110. The molecule has 2 fully saturated rings. The minimum atomic E-state index is -0.565. The predicted molar refractivity (Wildman–Crippen MR) is 113 cm³/mol. The van der Waals surface area contributed by atoms with E-state index in [1.165, 1.54) is 17.0 Å². The number of ether oxygens (including phenoxy) is 1. The molecule has 32 heavy (non-hydrogen) atoms. The summed E-state index contributed by atoms with van der Waals surface area (Å²) in [6, 6.07) is 5.89. The van der Waals surface area contributed by atoms with Gasteiger partial charge in [-0.2, -0.15) is 0 Å². The second-order valence-corrected chi connectivity index (χ2v) is 8.60. The summed E-state index contributed by atoms with van der Waals surface area (Å²) >= 11 is 0. The smallest absolute Gasteiger partial charge is 0.257 e. The third-order valence-electron chi connectivity index (χ3n) is 6.58. The van der Waals surface area contributed by atoms with E-state index >= 15 is 0 Å². The van der Waals surface area contributed by atoms with Crippen molar-refractivity contribution in [2.75, 3.05) is 26.2 Å². The number of hydrogen-bond donors (Lipinski definition) is 1. The molecule has 1 aromatic carbocycles. The fourth-order valence-corrected chi connectivity index (χ4v) is 4.79. The van der Waals surface area contributed by atoms with Crippen molar-refractivity contribution in [3.63, 3.8) is 0 Å². The second-order valence-electron chi connectivity index (χ2n) is 8.60. The highest BCUT2D eigenvalue weighted by Crippen LogP contribution is 2.28. The van der Waals surface area contributed by atoms with Gasteiger partial charge in [0.2, 0.25) is 0 Å². The van der Waals surface area contributed by atoms with Crippen LogP contribution >= 0.6 is 0 Å². The van der Waals surface area contributed by atoms with Gasteiger partial charge in [-0.15, -0.1) is 0 Å². The van der Waals surface area contributed by atoms with E-state index in [0.29, 0.717) is 56.2 Å². The standard InChI is InChI=1S/C23H25FN4O4/c24-17-5-2-1-4-15(17)22(30)28-10-8-16-18(13-28)25-20(26-21(16)29)14-7-9-27(12-14)23(31)19-6-3-11-32-19/h1-2,4-5,14,19H,3,6-13H2,(H,25,26,29). The number of hydrogen-bond acceptors (Lipinski definition) is 5. The van der Waals surface area contributed by atoms with Crippen molar-refractivity contribution in [1.82, 2.24) is 19.8 Å². The Hall–Kier alpha value is -3.07. The molecule has 4 heterocycles. The average Bonchev–Trinajstić information content (AvgIpc) is 3.51. The van der Waals surface area contributed by atoms with Gasteiger partial charge in [-0.25, -0.2) is 9.37 Å². The largest absolute Gasteiger partial charge is 0.368 e. The first-order valence-electron chi connectivity index (χ1n) is 11.1. The second kappa shape index (κ2) is 8.46. The van der Waals surface area contributed by atoms with Gasteiger partial charge < -0.3 is 19.5 Å². The van der Waals surface area contributed by atoms with E-state index in [-0.39, 0.29) is 35.6 Å². The molecule has 0 saturated carbocycles. The summed E-state index contributed by atoms with van der Waals surface area (Å²) in [5.74, 6) is -0.504. The molecule has 1 N–H and O–H groups in total. The SMILES string of the molecule is O=C(c1ccccc1F)N1CCc2c(nc(C3CCN(C(=O)C4CCCO4)C3)[nH]c2=O)C1. The van der Waals surface area contributed by atoms with Crippen molar-refractivity contribution >= 4 is 11.8 Å². The number of carbonyl (C=O) groups excluding carboxylic acids is 2. The molecule has 2 aromatic rings. The molecule has 1 aromatic heterocycles. The zero-order chi connectivity index (χ0) is 22.2. The summed E-state index contributed by atoms with van der Waals surface area (Å²) in [4.78, 5) is 49.0. The van der Waals surface area contributed by atoms with Gasteiger partial charge in [0.15, 0.2) is 0 Å². The van der Waals surface area contributed by atoms with Crippen molar-refractivity contribution in [2.45, 2.75) is 44.2 Å². The normalized spacial score (nSPS) is 22.8. The van der Waals surface area contributed by atoms with Gasteiger partial charge in [-0.05, 0) is 37.8 Å². The number of benzene rings is 1. The summed E-state index contributed by atoms with van der Waals surface area (Å²) < 4.78 is 19.6. The van der Waals surface area contributed by atoms with Gasteiger partial charge in [0.1, 0.15) is 17.7 Å². The zero-order valence-electron chi connectivity index (χ0n) is 17.7. The maximum atomic E-state index is 14.1. The minimum Gasteiger partial charge on any atom is -0.368 e. The highest BCUT2D eigenvalue weighted by atomic mass is 19.1. The molecule has 0 spiro atoms. The Balaban J connectivity index is 1.33. The quantitative estimate of drug-likeness (QED) is 0.782. The Morgan fingerprint density at radius 1 is 1.16 bits per heavy atom. The summed E-state index contributed by atoms with van der Waals surface area (Å²) in [5.41, 5.74) is 0.923. The van der Waals surface area contributed by atoms with Crippen LogP contribution in [-0.4, -0.2) is 63.9 Å². The Labute approximate surface area is 184 Å². The van der Waals surface area contributed by atoms with Crippen molar-refractivity contribution in [2.24, 2.45) is 0 Å². The summed E-state index contributed by atoms with van der Waals surface area (Å²) in [6.07, 6.45) is 2.36. The number of amides is 2. The molecule has 9 heteroatoms. The Kier molecular flexibility index (Phi) is 5.50. The van der Waals surface area contributed by atoms with Crippen molar-refractivity contribution in [3.05, 3.63) is 63.1 Å². The molecule has 3 aliphatic heterocycles. The van der Waals surface area contributed by atoms with Crippen LogP contribution < -0.4 is 5.56 Å². The molecule has 2 unspecified atom stereocenters. The average molecular weight is 440 g/mol. The van der Waals surface area contributed by atoms with E-state index in [1.54, 1.807) is 17.0 Å². The van der Waals surface area contributed by atoms with Crippen LogP contribution in [0.15, 0.2) is 29.1 Å². The van der Waals surface area contributed by atoms with E-state index in [0.717, 1.165) is 12.8 Å². The third-order valence-corrected chi connectivity index (χ3v) is 6.58. The van der Waals surface area contributed by atoms with Gasteiger partial charge in [0.25, 0.3) is 17.4 Å². The lowest BCUT2D eigenvalue weighted by molar-refractivity contribution is -0.139. The van der Waals surface area contributed by atoms with Crippen LogP contribution in [0.1, 0.15) is 52.6 Å². The number of carbonyl (C=O) groups is 2. The van der Waals surface area contributed by atoms with Crippen LogP contribution in [-0.2, 0) is 22.5 Å². The van der Waals surface area contributed by atoms with Gasteiger partial charge in [0.05, 0.1) is 17.8 Å². The topological polar surface area (TPSA) is 95.6 Å². The Morgan fingerprint density at radius 2 is 2.00 bits per heavy atom. The number of nitrogens with zero attached hydrogens (tertiary/aromatic N) is 3. The molecule has 2 saturated heterocycles. The molecule has 168 valence electrons. The highest BCUT2D eigenvalue weighted by Gasteiger charge is 2.35. The number of aromatic nitrogens is 2. The van der Waals surface area contributed by atoms with E-state index in [9.17, 15) is 18.8 Å². The van der Waals surface area contributed by atoms with Crippen LogP contribution in [0.2, 0.25) is 0 Å². The van der Waals surface area contributed by atoms with E-state index in [1.807, 2.05) is 0 Å². The minimum absolute atomic E-state index is 0.00645. The monoisotopic (exact) mass is 440 g/mol. The van der Waals surface area contributed by atoms with Crippen LogP contribution in [0, 0.1) is 5.82 Å². The van der Waals surface area contributed by atoms with Crippen LogP contribution in [0.3, 0.4) is 0 Å². The molecule has 2 atom stereocenters. The number of aromatic amines is 1. The molecule has 0 bridgehead atoms. The molecule has 8 nitrogen and oxygen atoms in total. The number of nitrogens with one attached hydrogen (secondary N) is 1. The third kappa shape index (κ3) is 3.81. The van der Waals surface area contributed by atoms with Crippen LogP contribution in [0.4, 0.5) is 4.39 Å². The lowest BCUT2D eigenvalue weighted by atomic mass is 10.0. The van der Waals surface area contributed by atoms with Crippen LogP contribution in [0.5, 0.6) is 0 Å². The van der Waals surface area contributed by atoms with Gasteiger partial charge >= 0.3 is 0 Å². The first-order chi connectivity index (χ1) is 15.5. The summed E-state index contributed by atoms with van der Waals surface area (Å²) in [5, 5.41) is 0. The highest BCUT2D eigenvalue weighted by molar-refractivity contribution is 5.94. The predicted octanol–water partition coefficient (Wildman–Crippen LogP) is 1.60. The number of rotatable bonds is 3. The van der Waals surface area contributed by atoms with E-state index in [2.05, 4.69) is 9.97 Å². The lowest BCUT2D eigenvalue weighted by Gasteiger charge is -2.28. The number of H-pyrrole nitrogens is 1. The summed E-state index contributed by atoms with van der Waals surface area (Å²) in [7, 11) is 0. The van der Waals surface area contributed by atoms with Crippen molar-refractivity contribution in [1.29, 1.82) is 0 Å². The fraction of sp³-hybridized carbons (Fsp3) is 0.478. The van der Waals surface area contributed by atoms with Gasteiger partial charge in [0, 0.05) is 37.7 Å². The molecule has 2 amide bonds. The molecule has 5 rings (SSSR count). The fourth-order valence-electron chi connectivity index (χ4n) is 4.79. The first-order valence-corrected chi connectivity index (χ1v) is 11.1. The Morgan fingerprint density at radius 3 is 2.78 bits per heavy atom. The molecule has 3 aliphatic rings. The first kappa shape index (κ1) is 20.8.